The van der Waals surface area contributed by atoms with E-state index in [9.17, 15) is 9.18 Å². The SMILES string of the molecule is CN1CCN(c2nc3c(c(Oc4ccccc4)n2)CN(C(=O)Cc2ccc(F)cc2)CC3)CC1. The van der Waals surface area contributed by atoms with Crippen molar-refractivity contribution in [3.05, 3.63) is 77.2 Å². The maximum Gasteiger partial charge on any atom is 0.229 e. The minimum absolute atomic E-state index is 0.00827. The molecule has 0 unspecified atom stereocenters. The fraction of sp³-hybridized carbons (Fsp3) is 0.346. The van der Waals surface area contributed by atoms with E-state index >= 15 is 0 Å². The minimum atomic E-state index is -0.306. The smallest absolute Gasteiger partial charge is 0.229 e. The number of halogens is 1. The van der Waals surface area contributed by atoms with E-state index in [4.69, 9.17) is 14.7 Å². The van der Waals surface area contributed by atoms with Crippen molar-refractivity contribution < 1.29 is 13.9 Å². The second kappa shape index (κ2) is 9.77. The Balaban J connectivity index is 1.41. The summed E-state index contributed by atoms with van der Waals surface area (Å²) in [6, 6.07) is 15.6. The lowest BCUT2D eigenvalue weighted by molar-refractivity contribution is -0.131. The Morgan fingerprint density at radius 2 is 1.71 bits per heavy atom. The average Bonchev–Trinajstić information content (AvgIpc) is 2.86. The largest absolute Gasteiger partial charge is 0.438 e. The number of likely N-dealkylation sites (N-methyl/N-ethyl adjacent to an activating group) is 1. The molecule has 2 aliphatic heterocycles. The minimum Gasteiger partial charge on any atom is -0.438 e. The molecule has 2 aliphatic rings. The van der Waals surface area contributed by atoms with Gasteiger partial charge in [0, 0.05) is 39.1 Å². The first kappa shape index (κ1) is 22.3. The highest BCUT2D eigenvalue weighted by molar-refractivity contribution is 5.79. The molecule has 0 N–H and O–H groups in total. The van der Waals surface area contributed by atoms with E-state index in [0.29, 0.717) is 37.1 Å². The van der Waals surface area contributed by atoms with Crippen LogP contribution in [0.1, 0.15) is 16.8 Å². The molecule has 176 valence electrons. The van der Waals surface area contributed by atoms with Crippen molar-refractivity contribution in [2.45, 2.75) is 19.4 Å². The summed E-state index contributed by atoms with van der Waals surface area (Å²) in [7, 11) is 2.12. The lowest BCUT2D eigenvalue weighted by Gasteiger charge is -2.34. The van der Waals surface area contributed by atoms with Crippen molar-refractivity contribution in [3.8, 4) is 11.6 Å². The third-order valence-electron chi connectivity index (χ3n) is 6.38. The normalized spacial score (nSPS) is 16.3. The Morgan fingerprint density at radius 3 is 2.44 bits per heavy atom. The van der Waals surface area contributed by atoms with Gasteiger partial charge < -0.3 is 19.4 Å². The van der Waals surface area contributed by atoms with E-state index in [1.165, 1.54) is 12.1 Å². The third-order valence-corrected chi connectivity index (χ3v) is 6.38. The molecule has 34 heavy (non-hydrogen) atoms. The Morgan fingerprint density at radius 1 is 0.971 bits per heavy atom. The molecular weight excluding hydrogens is 433 g/mol. The Hall–Kier alpha value is -3.52. The van der Waals surface area contributed by atoms with Crippen LogP contribution in [0.15, 0.2) is 54.6 Å². The molecule has 1 fully saturated rings. The number of hydrogen-bond acceptors (Lipinski definition) is 6. The van der Waals surface area contributed by atoms with Crippen LogP contribution in [0.25, 0.3) is 0 Å². The molecule has 0 radical (unpaired) electrons. The summed E-state index contributed by atoms with van der Waals surface area (Å²) in [6.07, 6.45) is 0.865. The zero-order valence-corrected chi connectivity index (χ0v) is 19.3. The summed E-state index contributed by atoms with van der Waals surface area (Å²) >= 11 is 0. The molecule has 0 atom stereocenters. The van der Waals surface area contributed by atoms with Crippen molar-refractivity contribution in [1.82, 2.24) is 19.8 Å². The monoisotopic (exact) mass is 461 g/mol. The van der Waals surface area contributed by atoms with Gasteiger partial charge in [0.25, 0.3) is 0 Å². The maximum atomic E-state index is 13.2. The number of carbonyl (C=O) groups excluding carboxylic acids is 1. The molecule has 3 aromatic rings. The highest BCUT2D eigenvalue weighted by Crippen LogP contribution is 2.31. The van der Waals surface area contributed by atoms with Crippen LogP contribution < -0.4 is 9.64 Å². The van der Waals surface area contributed by atoms with Crippen LogP contribution in [0.2, 0.25) is 0 Å². The summed E-state index contributed by atoms with van der Waals surface area (Å²) < 4.78 is 19.4. The molecular formula is C26H28FN5O2. The number of benzene rings is 2. The molecule has 0 aliphatic carbocycles. The number of rotatable bonds is 5. The van der Waals surface area contributed by atoms with Crippen LogP contribution in [-0.2, 0) is 24.2 Å². The molecule has 0 saturated carbocycles. The van der Waals surface area contributed by atoms with Gasteiger partial charge >= 0.3 is 0 Å². The van der Waals surface area contributed by atoms with Gasteiger partial charge in [-0.15, -0.1) is 0 Å². The van der Waals surface area contributed by atoms with Crippen molar-refractivity contribution >= 4 is 11.9 Å². The van der Waals surface area contributed by atoms with Crippen LogP contribution in [0, 0.1) is 5.82 Å². The first-order chi connectivity index (χ1) is 16.5. The van der Waals surface area contributed by atoms with Crippen molar-refractivity contribution in [2.24, 2.45) is 0 Å². The molecule has 5 rings (SSSR count). The summed E-state index contributed by atoms with van der Waals surface area (Å²) in [4.78, 5) is 29.0. The van der Waals surface area contributed by atoms with Gasteiger partial charge in [0.15, 0.2) is 0 Å². The zero-order valence-electron chi connectivity index (χ0n) is 19.3. The number of nitrogens with zero attached hydrogens (tertiary/aromatic N) is 5. The topological polar surface area (TPSA) is 61.8 Å². The molecule has 2 aromatic carbocycles. The van der Waals surface area contributed by atoms with E-state index in [1.54, 1.807) is 12.1 Å². The number of aromatic nitrogens is 2. The standard InChI is InChI=1S/C26H28FN5O2/c1-30-13-15-31(16-14-30)26-28-23-11-12-32(24(33)17-19-7-9-20(27)10-8-19)18-22(23)25(29-26)34-21-5-3-2-4-6-21/h2-10H,11-18H2,1H3. The van der Waals surface area contributed by atoms with Gasteiger partial charge in [-0.25, -0.2) is 9.37 Å². The Kier molecular flexibility index (Phi) is 6.40. The quantitative estimate of drug-likeness (QED) is 0.581. The second-order valence-corrected chi connectivity index (χ2v) is 8.83. The predicted molar refractivity (Wildman–Crippen MR) is 127 cm³/mol. The number of para-hydroxylation sites is 1. The fourth-order valence-electron chi connectivity index (χ4n) is 4.31. The number of hydrogen-bond donors (Lipinski definition) is 0. The van der Waals surface area contributed by atoms with Crippen LogP contribution in [0.3, 0.4) is 0 Å². The van der Waals surface area contributed by atoms with E-state index in [1.807, 2.05) is 35.2 Å². The number of fused-ring (bicyclic) bond motifs is 1. The summed E-state index contributed by atoms with van der Waals surface area (Å²) in [5.74, 6) is 1.57. The van der Waals surface area contributed by atoms with Gasteiger partial charge in [0.2, 0.25) is 17.7 Å². The molecule has 3 heterocycles. The van der Waals surface area contributed by atoms with Gasteiger partial charge in [-0.3, -0.25) is 4.79 Å². The van der Waals surface area contributed by atoms with Crippen LogP contribution in [-0.4, -0.2) is 65.4 Å². The number of carbonyl (C=O) groups is 1. The van der Waals surface area contributed by atoms with E-state index in [2.05, 4.69) is 16.8 Å². The Labute approximate surface area is 198 Å². The molecule has 0 spiro atoms. The first-order valence-electron chi connectivity index (χ1n) is 11.6. The number of anilines is 1. The van der Waals surface area contributed by atoms with E-state index < -0.39 is 0 Å². The number of piperazine rings is 1. The zero-order chi connectivity index (χ0) is 23.5. The second-order valence-electron chi connectivity index (χ2n) is 8.83. The molecule has 7 nitrogen and oxygen atoms in total. The van der Waals surface area contributed by atoms with Gasteiger partial charge in [-0.1, -0.05) is 30.3 Å². The van der Waals surface area contributed by atoms with Gasteiger partial charge in [-0.05, 0) is 36.9 Å². The van der Waals surface area contributed by atoms with E-state index in [0.717, 1.165) is 43.0 Å². The fourth-order valence-corrected chi connectivity index (χ4v) is 4.31. The first-order valence-corrected chi connectivity index (χ1v) is 11.6. The van der Waals surface area contributed by atoms with E-state index in [-0.39, 0.29) is 18.1 Å². The third kappa shape index (κ3) is 5.02. The predicted octanol–water partition coefficient (Wildman–Crippen LogP) is 3.29. The lowest BCUT2D eigenvalue weighted by Crippen LogP contribution is -2.45. The molecule has 1 aromatic heterocycles. The number of amides is 1. The van der Waals surface area contributed by atoms with Crippen molar-refractivity contribution in [1.29, 1.82) is 0 Å². The average molecular weight is 462 g/mol. The van der Waals surface area contributed by atoms with Crippen LogP contribution in [0.5, 0.6) is 11.6 Å². The molecule has 8 heteroatoms. The molecule has 0 bridgehead atoms. The van der Waals surface area contributed by atoms with Gasteiger partial charge in [0.1, 0.15) is 11.6 Å². The van der Waals surface area contributed by atoms with Gasteiger partial charge in [-0.2, -0.15) is 4.98 Å². The summed E-state index contributed by atoms with van der Waals surface area (Å²) in [5.41, 5.74) is 2.57. The van der Waals surface area contributed by atoms with Crippen LogP contribution in [0.4, 0.5) is 10.3 Å². The molecule has 1 saturated heterocycles. The summed E-state index contributed by atoms with van der Waals surface area (Å²) in [5, 5.41) is 0. The Bertz CT molecular complexity index is 1150. The van der Waals surface area contributed by atoms with Gasteiger partial charge in [0.05, 0.1) is 24.2 Å². The van der Waals surface area contributed by atoms with Crippen LogP contribution >= 0.6 is 0 Å². The van der Waals surface area contributed by atoms with Crippen molar-refractivity contribution in [3.63, 3.8) is 0 Å². The van der Waals surface area contributed by atoms with Crippen molar-refractivity contribution in [2.75, 3.05) is 44.7 Å². The highest BCUT2D eigenvalue weighted by Gasteiger charge is 2.28. The molecule has 1 amide bonds. The summed E-state index contributed by atoms with van der Waals surface area (Å²) in [6.45, 7) is 4.62. The maximum absolute atomic E-state index is 13.2. The number of ether oxygens (including phenoxy) is 1. The lowest BCUT2D eigenvalue weighted by atomic mass is 10.0. The highest BCUT2D eigenvalue weighted by atomic mass is 19.1.